The summed E-state index contributed by atoms with van der Waals surface area (Å²) >= 11 is 0. The van der Waals surface area contributed by atoms with Gasteiger partial charge in [-0.25, -0.2) is 4.68 Å². The molecule has 1 aliphatic heterocycles. The zero-order valence-electron chi connectivity index (χ0n) is 15.5. The largest absolute Gasteiger partial charge is 0.290 e. The molecule has 1 fully saturated rings. The molecule has 1 aromatic carbocycles. The first-order valence-electron chi connectivity index (χ1n) is 8.95. The van der Waals surface area contributed by atoms with E-state index in [0.717, 1.165) is 24.8 Å². The monoisotopic (exact) mass is 327 g/mol. The molecule has 0 spiro atoms. The van der Waals surface area contributed by atoms with Crippen molar-refractivity contribution >= 4 is 0 Å². The van der Waals surface area contributed by atoms with E-state index >= 15 is 0 Å². The molecule has 130 valence electrons. The maximum atomic E-state index is 4.44. The zero-order chi connectivity index (χ0) is 17.3. The first-order valence-corrected chi connectivity index (χ1v) is 8.95. The van der Waals surface area contributed by atoms with Crippen LogP contribution in [0.1, 0.15) is 63.5 Å². The van der Waals surface area contributed by atoms with Gasteiger partial charge < -0.3 is 0 Å². The number of tetrazole rings is 1. The lowest BCUT2D eigenvalue weighted by molar-refractivity contribution is 0.145. The van der Waals surface area contributed by atoms with Gasteiger partial charge in [-0.2, -0.15) is 0 Å². The van der Waals surface area contributed by atoms with Gasteiger partial charge in [0.05, 0.1) is 11.6 Å². The smallest absolute Gasteiger partial charge is 0.173 e. The maximum absolute atomic E-state index is 4.44. The van der Waals surface area contributed by atoms with E-state index in [0.29, 0.717) is 0 Å². The maximum Gasteiger partial charge on any atom is 0.173 e. The van der Waals surface area contributed by atoms with Crippen LogP contribution in [-0.4, -0.2) is 38.2 Å². The standard InChI is InChI=1S/C19H29N5/c1-14-6-8-16(9-7-14)17(23-12-10-15(2)11-13-23)18-20-21-22-24(18)19(3,4)5/h6-9,15,17H,10-13H2,1-5H3/t17-/m1/s1. The summed E-state index contributed by atoms with van der Waals surface area (Å²) in [5.74, 6) is 1.75. The molecule has 1 aliphatic rings. The van der Waals surface area contributed by atoms with Crippen molar-refractivity contribution in [3.05, 3.63) is 41.2 Å². The highest BCUT2D eigenvalue weighted by atomic mass is 15.6. The average molecular weight is 327 g/mol. The number of hydrogen-bond acceptors (Lipinski definition) is 4. The molecular formula is C19H29N5. The number of aryl methyl sites for hydroxylation is 1. The van der Waals surface area contributed by atoms with E-state index in [2.05, 4.69) is 79.3 Å². The average Bonchev–Trinajstić information content (AvgIpc) is 3.01. The van der Waals surface area contributed by atoms with Gasteiger partial charge in [0.25, 0.3) is 0 Å². The molecule has 0 radical (unpaired) electrons. The number of nitrogens with zero attached hydrogens (tertiary/aromatic N) is 5. The summed E-state index contributed by atoms with van der Waals surface area (Å²) in [6.45, 7) is 13.1. The summed E-state index contributed by atoms with van der Waals surface area (Å²) in [6.07, 6.45) is 2.47. The predicted octanol–water partition coefficient (Wildman–Crippen LogP) is 3.56. The highest BCUT2D eigenvalue weighted by molar-refractivity contribution is 5.28. The molecule has 2 aromatic rings. The van der Waals surface area contributed by atoms with Crippen molar-refractivity contribution in [2.24, 2.45) is 5.92 Å². The number of aromatic nitrogens is 4. The van der Waals surface area contributed by atoms with Gasteiger partial charge in [-0.05, 0) is 75.5 Å². The number of piperidine rings is 1. The Morgan fingerprint density at radius 1 is 1.08 bits per heavy atom. The third-order valence-electron chi connectivity index (χ3n) is 4.95. The van der Waals surface area contributed by atoms with Gasteiger partial charge in [0.15, 0.2) is 5.82 Å². The Morgan fingerprint density at radius 3 is 2.29 bits per heavy atom. The molecule has 0 unspecified atom stereocenters. The number of likely N-dealkylation sites (tertiary alicyclic amines) is 1. The summed E-state index contributed by atoms with van der Waals surface area (Å²) < 4.78 is 1.98. The van der Waals surface area contributed by atoms with Crippen LogP contribution in [-0.2, 0) is 5.54 Å². The van der Waals surface area contributed by atoms with Crippen molar-refractivity contribution in [2.45, 2.75) is 59.0 Å². The first-order chi connectivity index (χ1) is 11.4. The molecule has 0 saturated carbocycles. The fourth-order valence-electron chi connectivity index (χ4n) is 3.40. The van der Waals surface area contributed by atoms with Crippen molar-refractivity contribution in [1.82, 2.24) is 25.1 Å². The minimum atomic E-state index is -0.134. The fourth-order valence-corrected chi connectivity index (χ4v) is 3.40. The Labute approximate surface area is 145 Å². The molecule has 1 aromatic heterocycles. The first kappa shape index (κ1) is 17.1. The molecule has 0 aliphatic carbocycles. The summed E-state index contributed by atoms with van der Waals surface area (Å²) in [7, 11) is 0. The van der Waals surface area contributed by atoms with Crippen LogP contribution in [0, 0.1) is 12.8 Å². The van der Waals surface area contributed by atoms with E-state index in [1.807, 2.05) is 4.68 Å². The van der Waals surface area contributed by atoms with Gasteiger partial charge >= 0.3 is 0 Å². The third kappa shape index (κ3) is 3.51. The second-order valence-corrected chi connectivity index (χ2v) is 8.15. The fraction of sp³-hybridized carbons (Fsp3) is 0.632. The zero-order valence-corrected chi connectivity index (χ0v) is 15.5. The number of benzene rings is 1. The van der Waals surface area contributed by atoms with Crippen LogP contribution < -0.4 is 0 Å². The molecule has 3 rings (SSSR count). The van der Waals surface area contributed by atoms with E-state index in [1.54, 1.807) is 0 Å². The van der Waals surface area contributed by atoms with Crippen molar-refractivity contribution in [1.29, 1.82) is 0 Å². The Bertz CT molecular complexity index is 660. The van der Waals surface area contributed by atoms with Crippen LogP contribution in [0.15, 0.2) is 24.3 Å². The van der Waals surface area contributed by atoms with E-state index < -0.39 is 0 Å². The second kappa shape index (κ2) is 6.63. The van der Waals surface area contributed by atoms with Gasteiger partial charge in [0.1, 0.15) is 0 Å². The Hall–Kier alpha value is -1.75. The van der Waals surface area contributed by atoms with E-state index in [9.17, 15) is 0 Å². The van der Waals surface area contributed by atoms with Crippen LogP contribution in [0.2, 0.25) is 0 Å². The molecular weight excluding hydrogens is 298 g/mol. The lowest BCUT2D eigenvalue weighted by atomic mass is 9.94. The van der Waals surface area contributed by atoms with Gasteiger partial charge in [-0.15, -0.1) is 5.10 Å². The van der Waals surface area contributed by atoms with Crippen LogP contribution >= 0.6 is 0 Å². The molecule has 24 heavy (non-hydrogen) atoms. The summed E-state index contributed by atoms with van der Waals surface area (Å²) in [4.78, 5) is 2.54. The van der Waals surface area contributed by atoms with E-state index in [1.165, 1.54) is 24.0 Å². The Balaban J connectivity index is 2.02. The molecule has 1 atom stereocenters. The molecule has 5 heteroatoms. The third-order valence-corrected chi connectivity index (χ3v) is 4.95. The van der Waals surface area contributed by atoms with Crippen molar-refractivity contribution in [2.75, 3.05) is 13.1 Å². The van der Waals surface area contributed by atoms with Gasteiger partial charge in [-0.3, -0.25) is 4.90 Å². The van der Waals surface area contributed by atoms with Crippen LogP contribution in [0.5, 0.6) is 0 Å². The van der Waals surface area contributed by atoms with Crippen LogP contribution in [0.3, 0.4) is 0 Å². The highest BCUT2D eigenvalue weighted by Gasteiger charge is 2.32. The topological polar surface area (TPSA) is 46.8 Å². The van der Waals surface area contributed by atoms with E-state index in [-0.39, 0.29) is 11.6 Å². The summed E-state index contributed by atoms with van der Waals surface area (Å²) in [5.41, 5.74) is 2.42. The molecule has 0 N–H and O–H groups in total. The van der Waals surface area contributed by atoms with Crippen molar-refractivity contribution in [3.8, 4) is 0 Å². The Kier molecular flexibility index (Phi) is 4.72. The lowest BCUT2D eigenvalue weighted by Gasteiger charge is -2.37. The molecule has 0 amide bonds. The molecule has 1 saturated heterocycles. The number of rotatable bonds is 3. The minimum absolute atomic E-state index is 0.118. The Morgan fingerprint density at radius 2 is 1.71 bits per heavy atom. The van der Waals surface area contributed by atoms with Crippen molar-refractivity contribution in [3.63, 3.8) is 0 Å². The minimum Gasteiger partial charge on any atom is -0.290 e. The quantitative estimate of drug-likeness (QED) is 0.865. The summed E-state index contributed by atoms with van der Waals surface area (Å²) in [6, 6.07) is 8.92. The summed E-state index contributed by atoms with van der Waals surface area (Å²) in [5, 5.41) is 12.7. The van der Waals surface area contributed by atoms with Gasteiger partial charge in [0.2, 0.25) is 0 Å². The molecule has 2 heterocycles. The van der Waals surface area contributed by atoms with Crippen molar-refractivity contribution < 1.29 is 0 Å². The highest BCUT2D eigenvalue weighted by Crippen LogP contribution is 2.32. The lowest BCUT2D eigenvalue weighted by Crippen LogP contribution is -2.39. The normalized spacial score (nSPS) is 18.7. The molecule has 0 bridgehead atoms. The van der Waals surface area contributed by atoms with Crippen LogP contribution in [0.25, 0.3) is 0 Å². The predicted molar refractivity (Wildman–Crippen MR) is 95.8 cm³/mol. The molecule has 5 nitrogen and oxygen atoms in total. The second-order valence-electron chi connectivity index (χ2n) is 8.15. The number of hydrogen-bond donors (Lipinski definition) is 0. The SMILES string of the molecule is Cc1ccc([C@H](c2nnnn2C(C)(C)C)N2CCC(C)CC2)cc1. The van der Waals surface area contributed by atoms with Gasteiger partial charge in [-0.1, -0.05) is 36.8 Å². The van der Waals surface area contributed by atoms with Crippen LogP contribution in [0.4, 0.5) is 0 Å². The van der Waals surface area contributed by atoms with Gasteiger partial charge in [0, 0.05) is 0 Å². The van der Waals surface area contributed by atoms with E-state index in [4.69, 9.17) is 0 Å².